The van der Waals surface area contributed by atoms with E-state index in [-0.39, 0.29) is 17.8 Å². The van der Waals surface area contributed by atoms with Crippen molar-refractivity contribution in [1.82, 2.24) is 15.1 Å². The number of benzene rings is 2. The van der Waals surface area contributed by atoms with Gasteiger partial charge in [-0.2, -0.15) is 5.10 Å². The van der Waals surface area contributed by atoms with Crippen LogP contribution in [0.5, 0.6) is 11.5 Å². The molecule has 140 valence electrons. The number of aromatic nitrogens is 2. The summed E-state index contributed by atoms with van der Waals surface area (Å²) in [5, 5.41) is 7.61. The fourth-order valence-corrected chi connectivity index (χ4v) is 2.83. The van der Waals surface area contributed by atoms with Crippen LogP contribution in [-0.4, -0.2) is 29.9 Å². The minimum absolute atomic E-state index is 0.113. The summed E-state index contributed by atoms with van der Waals surface area (Å²) >= 11 is 0. The summed E-state index contributed by atoms with van der Waals surface area (Å²) < 4.78 is 12.2. The number of carbonyl (C=O) groups excluding carboxylic acids is 1. The van der Waals surface area contributed by atoms with E-state index in [1.807, 2.05) is 30.3 Å². The molecule has 0 bridgehead atoms. The lowest BCUT2D eigenvalue weighted by molar-refractivity contribution is -0.121. The molecule has 1 heterocycles. The van der Waals surface area contributed by atoms with Crippen LogP contribution in [0.1, 0.15) is 12.0 Å². The lowest BCUT2D eigenvalue weighted by atomic mass is 10.2. The van der Waals surface area contributed by atoms with Gasteiger partial charge in [-0.3, -0.25) is 14.3 Å². The monoisotopic (exact) mass is 367 g/mol. The standard InChI is InChI=1S/C20H21N3O4/c1-26-15-8-7-14(19(11-15)27-2)12-21-20(25)9-10-23-17-6-4-3-5-16(17)18(24)13-22-23/h3-8,11,13H,9-10,12H2,1-2H3,(H,21,25). The number of fused-ring (bicyclic) bond motifs is 1. The number of nitrogens with zero attached hydrogens (tertiary/aromatic N) is 2. The van der Waals surface area contributed by atoms with Gasteiger partial charge < -0.3 is 14.8 Å². The highest BCUT2D eigenvalue weighted by molar-refractivity contribution is 5.79. The first-order valence-corrected chi connectivity index (χ1v) is 8.55. The molecule has 0 aliphatic carbocycles. The van der Waals surface area contributed by atoms with E-state index in [9.17, 15) is 9.59 Å². The van der Waals surface area contributed by atoms with Gasteiger partial charge in [0.15, 0.2) is 0 Å². The molecule has 3 rings (SSSR count). The zero-order valence-electron chi connectivity index (χ0n) is 15.3. The second-order valence-electron chi connectivity index (χ2n) is 5.95. The van der Waals surface area contributed by atoms with Gasteiger partial charge in [0, 0.05) is 30.0 Å². The summed E-state index contributed by atoms with van der Waals surface area (Å²) in [5.41, 5.74) is 1.45. The normalized spacial score (nSPS) is 10.6. The molecule has 1 amide bonds. The van der Waals surface area contributed by atoms with Crippen molar-refractivity contribution in [2.45, 2.75) is 19.5 Å². The van der Waals surface area contributed by atoms with Gasteiger partial charge in [0.05, 0.1) is 32.5 Å². The van der Waals surface area contributed by atoms with Gasteiger partial charge in [-0.05, 0) is 24.3 Å². The smallest absolute Gasteiger partial charge is 0.222 e. The first-order valence-electron chi connectivity index (χ1n) is 8.55. The van der Waals surface area contributed by atoms with Crippen LogP contribution in [0.25, 0.3) is 10.9 Å². The molecule has 0 aliphatic rings. The molecular formula is C20H21N3O4. The van der Waals surface area contributed by atoms with Crippen molar-refractivity contribution in [3.05, 3.63) is 64.4 Å². The quantitative estimate of drug-likeness (QED) is 0.692. The number of amides is 1. The number of rotatable bonds is 7. The summed E-state index contributed by atoms with van der Waals surface area (Å²) in [4.78, 5) is 24.1. The predicted octanol–water partition coefficient (Wildman–Crippen LogP) is 2.12. The maximum atomic E-state index is 12.2. The summed E-state index contributed by atoms with van der Waals surface area (Å²) in [6.45, 7) is 0.733. The van der Waals surface area contributed by atoms with Crippen molar-refractivity contribution in [1.29, 1.82) is 0 Å². The Morgan fingerprint density at radius 3 is 2.74 bits per heavy atom. The van der Waals surface area contributed by atoms with Gasteiger partial charge in [0.2, 0.25) is 11.3 Å². The molecule has 2 aromatic carbocycles. The van der Waals surface area contributed by atoms with Crippen LogP contribution in [0.3, 0.4) is 0 Å². The summed E-state index contributed by atoms with van der Waals surface area (Å²) in [6.07, 6.45) is 1.53. The highest BCUT2D eigenvalue weighted by Gasteiger charge is 2.09. The molecule has 0 saturated heterocycles. The highest BCUT2D eigenvalue weighted by Crippen LogP contribution is 2.24. The Bertz CT molecular complexity index is 1010. The van der Waals surface area contributed by atoms with Crippen LogP contribution in [0, 0.1) is 0 Å². The number of ether oxygens (including phenoxy) is 2. The Labute approximate surface area is 156 Å². The van der Waals surface area contributed by atoms with Gasteiger partial charge in [-0.25, -0.2) is 0 Å². The van der Waals surface area contributed by atoms with Crippen molar-refractivity contribution < 1.29 is 14.3 Å². The topological polar surface area (TPSA) is 82.5 Å². The lowest BCUT2D eigenvalue weighted by Crippen LogP contribution is -2.25. The molecule has 7 nitrogen and oxygen atoms in total. The number of carbonyl (C=O) groups is 1. The van der Waals surface area contributed by atoms with Crippen molar-refractivity contribution in [3.8, 4) is 11.5 Å². The molecule has 0 fully saturated rings. The van der Waals surface area contributed by atoms with Crippen molar-refractivity contribution >= 4 is 16.8 Å². The molecule has 0 spiro atoms. The van der Waals surface area contributed by atoms with Crippen LogP contribution < -0.4 is 20.2 Å². The summed E-state index contributed by atoms with van der Waals surface area (Å²) in [5.74, 6) is 1.23. The molecular weight excluding hydrogens is 346 g/mol. The SMILES string of the molecule is COc1ccc(CNC(=O)CCn2ncc(=O)c3ccccc32)c(OC)c1. The molecule has 0 atom stereocenters. The van der Waals surface area contributed by atoms with E-state index in [4.69, 9.17) is 9.47 Å². The van der Waals surface area contributed by atoms with Gasteiger partial charge in [-0.1, -0.05) is 12.1 Å². The summed E-state index contributed by atoms with van der Waals surface area (Å²) in [7, 11) is 3.16. The average Bonchev–Trinajstić information content (AvgIpc) is 2.71. The maximum Gasteiger partial charge on any atom is 0.222 e. The predicted molar refractivity (Wildman–Crippen MR) is 102 cm³/mol. The Kier molecular flexibility index (Phi) is 5.71. The van der Waals surface area contributed by atoms with E-state index in [0.29, 0.717) is 30.0 Å². The zero-order chi connectivity index (χ0) is 19.2. The van der Waals surface area contributed by atoms with Crippen LogP contribution in [0.4, 0.5) is 0 Å². The van der Waals surface area contributed by atoms with E-state index >= 15 is 0 Å². The van der Waals surface area contributed by atoms with Gasteiger partial charge in [0.25, 0.3) is 0 Å². The molecule has 27 heavy (non-hydrogen) atoms. The van der Waals surface area contributed by atoms with E-state index in [2.05, 4.69) is 10.4 Å². The third-order valence-corrected chi connectivity index (χ3v) is 4.28. The Hall–Kier alpha value is -3.35. The minimum Gasteiger partial charge on any atom is -0.497 e. The minimum atomic E-state index is -0.127. The van der Waals surface area contributed by atoms with E-state index in [0.717, 1.165) is 11.1 Å². The highest BCUT2D eigenvalue weighted by atomic mass is 16.5. The zero-order valence-corrected chi connectivity index (χ0v) is 15.3. The number of hydrogen-bond acceptors (Lipinski definition) is 5. The first kappa shape index (κ1) is 18.4. The second kappa shape index (κ2) is 8.35. The van der Waals surface area contributed by atoms with Crippen molar-refractivity contribution in [3.63, 3.8) is 0 Å². The number of aryl methyl sites for hydroxylation is 1. The molecule has 1 N–H and O–H groups in total. The van der Waals surface area contributed by atoms with Crippen molar-refractivity contribution in [2.24, 2.45) is 0 Å². The van der Waals surface area contributed by atoms with Crippen LogP contribution in [0.2, 0.25) is 0 Å². The number of methoxy groups -OCH3 is 2. The molecule has 3 aromatic rings. The van der Waals surface area contributed by atoms with Gasteiger partial charge in [0.1, 0.15) is 11.5 Å². The largest absolute Gasteiger partial charge is 0.497 e. The second-order valence-corrected chi connectivity index (χ2v) is 5.95. The lowest BCUT2D eigenvalue weighted by Gasteiger charge is -2.12. The van der Waals surface area contributed by atoms with E-state index in [1.54, 1.807) is 31.0 Å². The van der Waals surface area contributed by atoms with E-state index in [1.165, 1.54) is 6.20 Å². The summed E-state index contributed by atoms with van der Waals surface area (Å²) in [6, 6.07) is 12.7. The van der Waals surface area contributed by atoms with E-state index < -0.39 is 0 Å². The van der Waals surface area contributed by atoms with Crippen LogP contribution >= 0.6 is 0 Å². The Morgan fingerprint density at radius 1 is 1.15 bits per heavy atom. The number of nitrogens with one attached hydrogen (secondary N) is 1. The third kappa shape index (κ3) is 4.25. The third-order valence-electron chi connectivity index (χ3n) is 4.28. The van der Waals surface area contributed by atoms with Crippen molar-refractivity contribution in [2.75, 3.05) is 14.2 Å². The number of hydrogen-bond donors (Lipinski definition) is 1. The molecule has 0 unspecified atom stereocenters. The fourth-order valence-electron chi connectivity index (χ4n) is 2.83. The molecule has 0 aliphatic heterocycles. The first-order chi connectivity index (χ1) is 13.1. The molecule has 7 heteroatoms. The van der Waals surface area contributed by atoms with Crippen LogP contribution in [0.15, 0.2) is 53.5 Å². The molecule has 1 aromatic heterocycles. The average molecular weight is 367 g/mol. The maximum absolute atomic E-state index is 12.2. The number of para-hydroxylation sites is 1. The molecule has 0 saturated carbocycles. The fraction of sp³-hybridized carbons (Fsp3) is 0.250. The van der Waals surface area contributed by atoms with Gasteiger partial charge in [-0.15, -0.1) is 0 Å². The Balaban J connectivity index is 1.63. The Morgan fingerprint density at radius 2 is 1.96 bits per heavy atom. The van der Waals surface area contributed by atoms with Gasteiger partial charge >= 0.3 is 0 Å². The van der Waals surface area contributed by atoms with Crippen LogP contribution in [-0.2, 0) is 17.9 Å². The molecule has 0 radical (unpaired) electrons.